The first kappa shape index (κ1) is 19.9. The molecule has 150 valence electrons. The van der Waals surface area contributed by atoms with Gasteiger partial charge in [-0.15, -0.1) is 0 Å². The third kappa shape index (κ3) is 4.33. The van der Waals surface area contributed by atoms with E-state index in [4.69, 9.17) is 5.11 Å². The number of nitrogens with zero attached hydrogens (tertiary/aromatic N) is 3. The van der Waals surface area contributed by atoms with Crippen LogP contribution in [0.25, 0.3) is 5.69 Å². The van der Waals surface area contributed by atoms with Crippen molar-refractivity contribution in [1.82, 2.24) is 20.0 Å². The summed E-state index contributed by atoms with van der Waals surface area (Å²) in [5.41, 5.74) is 3.26. The number of urea groups is 1. The standard InChI is InChI=1S/C20H27N5O3/c1-4-24(12-18(26)27)17-10-15(11-17)21-20(28)22-19-13(2)23-25(14(19)3)16-8-6-5-7-9-16/h5-9,15,17H,4,10-12H2,1-3H3,(H,26,27)(H2,21,22,28). The molecule has 1 heterocycles. The number of nitrogens with one attached hydrogen (secondary N) is 2. The number of amides is 2. The van der Waals surface area contributed by atoms with Crippen LogP contribution in [0.1, 0.15) is 31.2 Å². The molecular formula is C20H27N5O3. The number of hydrogen-bond donors (Lipinski definition) is 3. The number of carboxylic acids is 1. The fourth-order valence-electron chi connectivity index (χ4n) is 3.66. The van der Waals surface area contributed by atoms with Crippen LogP contribution < -0.4 is 10.6 Å². The highest BCUT2D eigenvalue weighted by molar-refractivity contribution is 5.90. The van der Waals surface area contributed by atoms with Gasteiger partial charge in [0.15, 0.2) is 0 Å². The van der Waals surface area contributed by atoms with Crippen molar-refractivity contribution in [1.29, 1.82) is 0 Å². The second kappa shape index (κ2) is 8.43. The fourth-order valence-corrected chi connectivity index (χ4v) is 3.66. The summed E-state index contributed by atoms with van der Waals surface area (Å²) in [5, 5.41) is 19.4. The van der Waals surface area contributed by atoms with Crippen molar-refractivity contribution in [2.45, 2.75) is 45.7 Å². The number of aryl methyl sites for hydroxylation is 1. The zero-order chi connectivity index (χ0) is 20.3. The molecule has 8 nitrogen and oxygen atoms in total. The van der Waals surface area contributed by atoms with Crippen molar-refractivity contribution >= 4 is 17.7 Å². The number of likely N-dealkylation sites (N-methyl/N-ethyl adjacent to an activating group) is 1. The normalized spacial score (nSPS) is 18.6. The van der Waals surface area contributed by atoms with Crippen LogP contribution >= 0.6 is 0 Å². The maximum atomic E-state index is 12.4. The second-order valence-corrected chi connectivity index (χ2v) is 7.17. The van der Waals surface area contributed by atoms with Crippen molar-refractivity contribution in [3.63, 3.8) is 0 Å². The Morgan fingerprint density at radius 3 is 2.54 bits per heavy atom. The van der Waals surface area contributed by atoms with Crippen LogP contribution in [0.3, 0.4) is 0 Å². The average Bonchev–Trinajstić information content (AvgIpc) is 2.91. The van der Waals surface area contributed by atoms with Gasteiger partial charge in [-0.25, -0.2) is 9.48 Å². The lowest BCUT2D eigenvalue weighted by molar-refractivity contribution is -0.139. The first-order valence-corrected chi connectivity index (χ1v) is 9.54. The summed E-state index contributed by atoms with van der Waals surface area (Å²) in [7, 11) is 0. The summed E-state index contributed by atoms with van der Waals surface area (Å²) in [6.45, 7) is 6.47. The minimum Gasteiger partial charge on any atom is -0.480 e. The largest absolute Gasteiger partial charge is 0.480 e. The van der Waals surface area contributed by atoms with Gasteiger partial charge in [0, 0.05) is 12.1 Å². The SMILES string of the molecule is CCN(CC(=O)O)C1CC(NC(=O)Nc2c(C)nn(-c3ccccc3)c2C)C1. The lowest BCUT2D eigenvalue weighted by Gasteiger charge is -2.42. The molecular weight excluding hydrogens is 358 g/mol. The molecule has 2 aromatic rings. The van der Waals surface area contributed by atoms with Gasteiger partial charge in [-0.2, -0.15) is 5.10 Å². The molecule has 0 aliphatic heterocycles. The predicted octanol–water partition coefficient (Wildman–Crippen LogP) is 2.55. The van der Waals surface area contributed by atoms with Gasteiger partial charge in [0.25, 0.3) is 0 Å². The first-order chi connectivity index (χ1) is 13.4. The van der Waals surface area contributed by atoms with Gasteiger partial charge < -0.3 is 15.7 Å². The number of hydrogen-bond acceptors (Lipinski definition) is 4. The van der Waals surface area contributed by atoms with E-state index in [1.54, 1.807) is 0 Å². The third-order valence-corrected chi connectivity index (χ3v) is 5.24. The average molecular weight is 385 g/mol. The lowest BCUT2D eigenvalue weighted by Crippen LogP contribution is -2.55. The number of aliphatic carboxylic acids is 1. The Morgan fingerprint density at radius 2 is 1.93 bits per heavy atom. The smallest absolute Gasteiger partial charge is 0.319 e. The van der Waals surface area contributed by atoms with Crippen molar-refractivity contribution in [2.24, 2.45) is 0 Å². The molecule has 3 rings (SSSR count). The molecule has 0 atom stereocenters. The number of carbonyl (C=O) groups is 2. The van der Waals surface area contributed by atoms with E-state index in [0.717, 1.165) is 29.9 Å². The summed E-state index contributed by atoms with van der Waals surface area (Å²) >= 11 is 0. The van der Waals surface area contributed by atoms with Gasteiger partial charge in [-0.1, -0.05) is 25.1 Å². The minimum absolute atomic E-state index is 0.0388. The van der Waals surface area contributed by atoms with Crippen LogP contribution in [0.15, 0.2) is 30.3 Å². The number of aromatic nitrogens is 2. The van der Waals surface area contributed by atoms with Crippen LogP contribution in [0, 0.1) is 13.8 Å². The van der Waals surface area contributed by atoms with Crippen LogP contribution in [-0.2, 0) is 4.79 Å². The van der Waals surface area contributed by atoms with Crippen LogP contribution in [0.2, 0.25) is 0 Å². The molecule has 0 saturated heterocycles. The Hall–Kier alpha value is -2.87. The van der Waals surface area contributed by atoms with E-state index in [1.165, 1.54) is 0 Å². The fraction of sp³-hybridized carbons (Fsp3) is 0.450. The molecule has 1 aliphatic rings. The van der Waals surface area contributed by atoms with Gasteiger partial charge in [0.1, 0.15) is 0 Å². The van der Waals surface area contributed by atoms with E-state index in [0.29, 0.717) is 12.2 Å². The lowest BCUT2D eigenvalue weighted by atomic mass is 9.85. The molecule has 0 unspecified atom stereocenters. The molecule has 3 N–H and O–H groups in total. The summed E-state index contributed by atoms with van der Waals surface area (Å²) in [6, 6.07) is 9.77. The maximum Gasteiger partial charge on any atom is 0.319 e. The summed E-state index contributed by atoms with van der Waals surface area (Å²) < 4.78 is 1.81. The van der Waals surface area contributed by atoms with E-state index in [1.807, 2.05) is 60.7 Å². The zero-order valence-electron chi connectivity index (χ0n) is 16.5. The van der Waals surface area contributed by atoms with Gasteiger partial charge in [-0.3, -0.25) is 9.69 Å². The van der Waals surface area contributed by atoms with E-state index in [2.05, 4.69) is 15.7 Å². The second-order valence-electron chi connectivity index (χ2n) is 7.17. The molecule has 1 aromatic heterocycles. The number of carbonyl (C=O) groups excluding carboxylic acids is 1. The third-order valence-electron chi connectivity index (χ3n) is 5.24. The van der Waals surface area contributed by atoms with Crippen LogP contribution in [0.5, 0.6) is 0 Å². The highest BCUT2D eigenvalue weighted by Crippen LogP contribution is 2.26. The molecule has 8 heteroatoms. The first-order valence-electron chi connectivity index (χ1n) is 9.54. The Labute approximate surface area is 164 Å². The van der Waals surface area contributed by atoms with Crippen molar-refractivity contribution in [2.75, 3.05) is 18.4 Å². The maximum absolute atomic E-state index is 12.4. The Kier molecular flexibility index (Phi) is 5.99. The molecule has 1 aromatic carbocycles. The topological polar surface area (TPSA) is 99.5 Å². The number of anilines is 1. The highest BCUT2D eigenvalue weighted by Gasteiger charge is 2.34. The molecule has 1 saturated carbocycles. The number of carboxylic acid groups (broad SMARTS) is 1. The Balaban J connectivity index is 1.57. The molecule has 28 heavy (non-hydrogen) atoms. The Bertz CT molecular complexity index is 843. The van der Waals surface area contributed by atoms with Gasteiger partial charge in [-0.05, 0) is 45.4 Å². The van der Waals surface area contributed by atoms with Gasteiger partial charge >= 0.3 is 12.0 Å². The van der Waals surface area contributed by atoms with Crippen molar-refractivity contribution < 1.29 is 14.7 Å². The monoisotopic (exact) mass is 385 g/mol. The number of benzene rings is 1. The molecule has 0 radical (unpaired) electrons. The molecule has 1 fully saturated rings. The van der Waals surface area contributed by atoms with E-state index in [9.17, 15) is 9.59 Å². The summed E-state index contributed by atoms with van der Waals surface area (Å²) in [4.78, 5) is 25.3. The Morgan fingerprint density at radius 1 is 1.25 bits per heavy atom. The molecule has 2 amide bonds. The van der Waals surface area contributed by atoms with Crippen LogP contribution in [0.4, 0.5) is 10.5 Å². The zero-order valence-corrected chi connectivity index (χ0v) is 16.5. The molecule has 1 aliphatic carbocycles. The van der Waals surface area contributed by atoms with Gasteiger partial charge in [0.05, 0.1) is 29.3 Å². The minimum atomic E-state index is -0.822. The number of rotatable bonds is 7. The predicted molar refractivity (Wildman–Crippen MR) is 107 cm³/mol. The molecule has 0 spiro atoms. The van der Waals surface area contributed by atoms with Gasteiger partial charge in [0.2, 0.25) is 0 Å². The molecule has 0 bridgehead atoms. The highest BCUT2D eigenvalue weighted by atomic mass is 16.4. The number of para-hydroxylation sites is 1. The quantitative estimate of drug-likeness (QED) is 0.680. The summed E-state index contributed by atoms with van der Waals surface area (Å²) in [5.74, 6) is -0.822. The van der Waals surface area contributed by atoms with Crippen LogP contribution in [-0.4, -0.2) is 57.0 Å². The van der Waals surface area contributed by atoms with E-state index >= 15 is 0 Å². The van der Waals surface area contributed by atoms with Crippen molar-refractivity contribution in [3.05, 3.63) is 41.7 Å². The van der Waals surface area contributed by atoms with E-state index < -0.39 is 5.97 Å². The summed E-state index contributed by atoms with van der Waals surface area (Å²) in [6.07, 6.45) is 1.52. The van der Waals surface area contributed by atoms with E-state index in [-0.39, 0.29) is 24.7 Å². The van der Waals surface area contributed by atoms with Crippen molar-refractivity contribution in [3.8, 4) is 5.69 Å².